The third-order valence-corrected chi connectivity index (χ3v) is 1.28. The van der Waals surface area contributed by atoms with E-state index < -0.39 is 5.54 Å². The molecule has 0 unspecified atom stereocenters. The SMILES string of the molecule is [NH3+]NC(CO)(CO)CO. The van der Waals surface area contributed by atoms with E-state index in [0.29, 0.717) is 0 Å². The maximum Gasteiger partial charge on any atom is 0.135 e. The molecule has 0 amide bonds. The zero-order valence-electron chi connectivity index (χ0n) is 5.17. The molecule has 0 aromatic rings. The Morgan fingerprint density at radius 3 is 1.44 bits per heavy atom. The van der Waals surface area contributed by atoms with Crippen LogP contribution in [0, 0.1) is 0 Å². The first-order chi connectivity index (χ1) is 4.24. The summed E-state index contributed by atoms with van der Waals surface area (Å²) in [5, 5.41) is 25.7. The molecule has 0 radical (unpaired) electrons. The zero-order chi connectivity index (χ0) is 7.33. The summed E-state index contributed by atoms with van der Waals surface area (Å²) >= 11 is 0. The summed E-state index contributed by atoms with van der Waals surface area (Å²) in [5.41, 5.74) is 1.34. The topological polar surface area (TPSA) is 100 Å². The maximum absolute atomic E-state index is 8.55. The van der Waals surface area contributed by atoms with E-state index in [1.165, 1.54) is 0 Å². The molecule has 9 heavy (non-hydrogen) atoms. The summed E-state index contributed by atoms with van der Waals surface area (Å²) in [4.78, 5) is 0. The van der Waals surface area contributed by atoms with Crippen molar-refractivity contribution in [3.05, 3.63) is 0 Å². The lowest BCUT2D eigenvalue weighted by molar-refractivity contribution is -0.468. The number of aliphatic hydroxyl groups is 3. The van der Waals surface area contributed by atoms with Crippen molar-refractivity contribution in [1.29, 1.82) is 0 Å². The first-order valence-corrected chi connectivity index (χ1v) is 2.61. The fourth-order valence-electron chi connectivity index (χ4n) is 0.318. The highest BCUT2D eigenvalue weighted by Gasteiger charge is 2.27. The number of aliphatic hydroxyl groups excluding tert-OH is 3. The monoisotopic (exact) mass is 137 g/mol. The molecular formula is C4H13N2O3+. The van der Waals surface area contributed by atoms with Crippen LogP contribution in [0.4, 0.5) is 0 Å². The van der Waals surface area contributed by atoms with Crippen molar-refractivity contribution in [2.24, 2.45) is 0 Å². The summed E-state index contributed by atoms with van der Waals surface area (Å²) in [6.45, 7) is -0.990. The van der Waals surface area contributed by atoms with Gasteiger partial charge in [-0.2, -0.15) is 5.43 Å². The van der Waals surface area contributed by atoms with Crippen molar-refractivity contribution in [2.45, 2.75) is 5.54 Å². The molecule has 56 valence electrons. The largest absolute Gasteiger partial charge is 0.394 e. The molecule has 7 N–H and O–H groups in total. The molecular weight excluding hydrogens is 124 g/mol. The predicted octanol–water partition coefficient (Wildman–Crippen LogP) is -3.55. The smallest absolute Gasteiger partial charge is 0.135 e. The lowest BCUT2D eigenvalue weighted by Gasteiger charge is -2.22. The van der Waals surface area contributed by atoms with Gasteiger partial charge in [-0.3, -0.25) is 5.84 Å². The molecule has 5 nitrogen and oxygen atoms in total. The Morgan fingerprint density at radius 1 is 1.11 bits per heavy atom. The second-order valence-electron chi connectivity index (χ2n) is 1.93. The third-order valence-electron chi connectivity index (χ3n) is 1.28. The standard InChI is InChI=1S/C4H12N2O3/c5-6-4(1-7,2-8)3-9/h6-9H,1-3,5H2/p+1. The Labute approximate surface area is 53.1 Å². The van der Waals surface area contributed by atoms with Gasteiger partial charge in [-0.1, -0.05) is 0 Å². The molecule has 0 heterocycles. The molecule has 0 bridgehead atoms. The normalized spacial score (nSPS) is 12.0. The van der Waals surface area contributed by atoms with Crippen molar-refractivity contribution in [3.63, 3.8) is 0 Å². The Balaban J connectivity index is 3.82. The predicted molar refractivity (Wildman–Crippen MR) is 30.0 cm³/mol. The van der Waals surface area contributed by atoms with Gasteiger partial charge in [-0.05, 0) is 0 Å². The third kappa shape index (κ3) is 1.88. The second kappa shape index (κ2) is 3.76. The summed E-state index contributed by atoms with van der Waals surface area (Å²) in [7, 11) is 0. The highest BCUT2D eigenvalue weighted by atomic mass is 16.3. The van der Waals surface area contributed by atoms with Gasteiger partial charge in [-0.25, -0.2) is 0 Å². The quantitative estimate of drug-likeness (QED) is 0.259. The van der Waals surface area contributed by atoms with E-state index in [-0.39, 0.29) is 19.8 Å². The van der Waals surface area contributed by atoms with Gasteiger partial charge in [0.1, 0.15) is 5.54 Å². The minimum Gasteiger partial charge on any atom is -0.394 e. The molecule has 0 aliphatic carbocycles. The van der Waals surface area contributed by atoms with E-state index in [4.69, 9.17) is 15.3 Å². The van der Waals surface area contributed by atoms with Crippen LogP contribution in [0.15, 0.2) is 0 Å². The van der Waals surface area contributed by atoms with Crippen LogP contribution < -0.4 is 11.3 Å². The van der Waals surface area contributed by atoms with Gasteiger partial charge in [0.2, 0.25) is 0 Å². The van der Waals surface area contributed by atoms with Crippen LogP contribution in [-0.2, 0) is 0 Å². The van der Waals surface area contributed by atoms with Crippen LogP contribution in [0.25, 0.3) is 0 Å². The van der Waals surface area contributed by atoms with E-state index in [0.717, 1.165) is 0 Å². The minimum atomic E-state index is -1.03. The van der Waals surface area contributed by atoms with Crippen LogP contribution in [-0.4, -0.2) is 40.7 Å². The molecule has 0 atom stereocenters. The number of quaternary nitrogens is 1. The van der Waals surface area contributed by atoms with Gasteiger partial charge in [0.05, 0.1) is 19.8 Å². The van der Waals surface area contributed by atoms with Crippen molar-refractivity contribution in [2.75, 3.05) is 19.8 Å². The van der Waals surface area contributed by atoms with Crippen LogP contribution >= 0.6 is 0 Å². The van der Waals surface area contributed by atoms with Crippen molar-refractivity contribution < 1.29 is 21.2 Å². The fraction of sp³-hybridized carbons (Fsp3) is 1.00. The fourth-order valence-corrected chi connectivity index (χ4v) is 0.318. The molecule has 0 spiro atoms. The summed E-state index contributed by atoms with van der Waals surface area (Å²) in [6.07, 6.45) is 0. The highest BCUT2D eigenvalue weighted by Crippen LogP contribution is 1.96. The van der Waals surface area contributed by atoms with E-state index in [1.54, 1.807) is 0 Å². The molecule has 5 heteroatoms. The van der Waals surface area contributed by atoms with Crippen molar-refractivity contribution in [3.8, 4) is 0 Å². The zero-order valence-corrected chi connectivity index (χ0v) is 5.17. The number of hydrogen-bond acceptors (Lipinski definition) is 4. The molecule has 0 aliphatic rings. The molecule has 0 aromatic heterocycles. The van der Waals surface area contributed by atoms with Gasteiger partial charge in [0.15, 0.2) is 0 Å². The van der Waals surface area contributed by atoms with E-state index in [9.17, 15) is 0 Å². The van der Waals surface area contributed by atoms with Gasteiger partial charge >= 0.3 is 0 Å². The molecule has 0 saturated carbocycles. The Morgan fingerprint density at radius 2 is 1.44 bits per heavy atom. The Bertz CT molecular complexity index is 56.7. The van der Waals surface area contributed by atoms with Crippen LogP contribution in [0.1, 0.15) is 0 Å². The molecule has 0 rings (SSSR count). The van der Waals surface area contributed by atoms with E-state index in [1.807, 2.05) is 0 Å². The lowest BCUT2D eigenvalue weighted by atomic mass is 10.1. The van der Waals surface area contributed by atoms with E-state index in [2.05, 4.69) is 11.3 Å². The second-order valence-corrected chi connectivity index (χ2v) is 1.93. The summed E-state index contributed by atoms with van der Waals surface area (Å²) in [6, 6.07) is 0. The van der Waals surface area contributed by atoms with Crippen molar-refractivity contribution >= 4 is 0 Å². The van der Waals surface area contributed by atoms with Crippen LogP contribution in [0.2, 0.25) is 0 Å². The molecule has 0 aliphatic heterocycles. The van der Waals surface area contributed by atoms with E-state index >= 15 is 0 Å². The first kappa shape index (κ1) is 8.80. The van der Waals surface area contributed by atoms with Gasteiger partial charge in [-0.15, -0.1) is 0 Å². The molecule has 0 fully saturated rings. The number of rotatable bonds is 4. The lowest BCUT2D eigenvalue weighted by Crippen LogP contribution is -2.77. The van der Waals surface area contributed by atoms with Crippen LogP contribution in [0.5, 0.6) is 0 Å². The highest BCUT2D eigenvalue weighted by molar-refractivity contribution is 4.81. The van der Waals surface area contributed by atoms with Gasteiger partial charge < -0.3 is 15.3 Å². The molecule has 0 saturated heterocycles. The Kier molecular flexibility index (Phi) is 3.67. The van der Waals surface area contributed by atoms with Crippen molar-refractivity contribution in [1.82, 2.24) is 5.43 Å². The summed E-state index contributed by atoms with van der Waals surface area (Å²) < 4.78 is 0. The minimum absolute atomic E-state index is 0.330. The maximum atomic E-state index is 8.55. The average Bonchev–Trinajstić information content (AvgIpc) is 1.95. The first-order valence-electron chi connectivity index (χ1n) is 2.61. The average molecular weight is 137 g/mol. The van der Waals surface area contributed by atoms with Gasteiger partial charge in [0.25, 0.3) is 0 Å². The summed E-state index contributed by atoms with van der Waals surface area (Å²) in [5.74, 6) is 3.24. The van der Waals surface area contributed by atoms with Gasteiger partial charge in [0, 0.05) is 0 Å². The Hall–Kier alpha value is -0.200. The van der Waals surface area contributed by atoms with Crippen LogP contribution in [0.3, 0.4) is 0 Å². The number of hydrogen-bond donors (Lipinski definition) is 5. The number of nitrogens with one attached hydrogen (secondary N) is 1. The molecule has 0 aromatic carbocycles.